The molecule has 5 nitrogen and oxygen atoms in total. The number of thiophene rings is 1. The third-order valence-corrected chi connectivity index (χ3v) is 5.06. The van der Waals surface area contributed by atoms with Crippen LogP contribution in [0.3, 0.4) is 0 Å². The number of rotatable bonds is 8. The molecule has 134 valence electrons. The Labute approximate surface area is 155 Å². The van der Waals surface area contributed by atoms with E-state index in [1.165, 1.54) is 11.3 Å². The van der Waals surface area contributed by atoms with Crippen LogP contribution in [-0.4, -0.2) is 23.2 Å². The van der Waals surface area contributed by atoms with E-state index in [9.17, 15) is 14.4 Å². The van der Waals surface area contributed by atoms with Crippen LogP contribution in [-0.2, 0) is 11.2 Å². The zero-order valence-corrected chi connectivity index (χ0v) is 15.1. The highest BCUT2D eigenvalue weighted by Gasteiger charge is 2.09. The van der Waals surface area contributed by atoms with Gasteiger partial charge in [0.15, 0.2) is 5.78 Å². The fourth-order valence-corrected chi connectivity index (χ4v) is 3.47. The molecule has 0 unspecified atom stereocenters. The molecule has 1 amide bonds. The van der Waals surface area contributed by atoms with E-state index in [2.05, 4.69) is 10.3 Å². The number of para-hydroxylation sites is 1. The zero-order valence-electron chi connectivity index (χ0n) is 14.3. The molecule has 26 heavy (non-hydrogen) atoms. The molecule has 2 heterocycles. The summed E-state index contributed by atoms with van der Waals surface area (Å²) in [4.78, 5) is 39.4. The van der Waals surface area contributed by atoms with E-state index in [-0.39, 0.29) is 17.2 Å². The first-order valence-electron chi connectivity index (χ1n) is 8.58. The summed E-state index contributed by atoms with van der Waals surface area (Å²) in [5.41, 5.74) is 1.33. The predicted molar refractivity (Wildman–Crippen MR) is 104 cm³/mol. The molecular formula is C20H20N2O3S. The lowest BCUT2D eigenvalue weighted by atomic mass is 10.1. The van der Waals surface area contributed by atoms with Crippen molar-refractivity contribution < 1.29 is 9.59 Å². The van der Waals surface area contributed by atoms with Gasteiger partial charge in [-0.2, -0.15) is 0 Å². The minimum atomic E-state index is -0.125. The number of Topliss-reactive ketones (excluding diaryl/α,β-unsaturated/α-hetero) is 1. The highest BCUT2D eigenvalue weighted by molar-refractivity contribution is 7.12. The van der Waals surface area contributed by atoms with Crippen LogP contribution in [0.5, 0.6) is 0 Å². The average Bonchev–Trinajstić information content (AvgIpc) is 3.17. The lowest BCUT2D eigenvalue weighted by Gasteiger charge is -2.06. The Bertz CT molecular complexity index is 961. The van der Waals surface area contributed by atoms with Crippen molar-refractivity contribution in [2.24, 2.45) is 0 Å². The number of hydrogen-bond donors (Lipinski definition) is 2. The molecule has 3 rings (SSSR count). The second-order valence-corrected chi connectivity index (χ2v) is 7.01. The minimum absolute atomic E-state index is 0.0792. The first kappa shape index (κ1) is 18.1. The van der Waals surface area contributed by atoms with Crippen LogP contribution in [0.2, 0.25) is 0 Å². The highest BCUT2D eigenvalue weighted by atomic mass is 32.1. The summed E-state index contributed by atoms with van der Waals surface area (Å²) in [7, 11) is 0. The third kappa shape index (κ3) is 4.67. The molecule has 0 atom stereocenters. The molecule has 0 saturated carbocycles. The Morgan fingerprint density at radius 3 is 2.73 bits per heavy atom. The second kappa shape index (κ2) is 8.58. The molecule has 0 aliphatic rings. The van der Waals surface area contributed by atoms with Crippen LogP contribution in [0.1, 0.15) is 34.5 Å². The monoisotopic (exact) mass is 368 g/mol. The van der Waals surface area contributed by atoms with Crippen LogP contribution in [0.4, 0.5) is 0 Å². The molecule has 0 aliphatic carbocycles. The van der Waals surface area contributed by atoms with Crippen LogP contribution < -0.4 is 10.9 Å². The van der Waals surface area contributed by atoms with Crippen molar-refractivity contribution in [1.29, 1.82) is 0 Å². The molecule has 0 bridgehead atoms. The number of carbonyl (C=O) groups excluding carboxylic acids is 2. The van der Waals surface area contributed by atoms with Crippen LogP contribution >= 0.6 is 11.3 Å². The van der Waals surface area contributed by atoms with Crippen molar-refractivity contribution >= 4 is 33.9 Å². The Morgan fingerprint density at radius 1 is 1.08 bits per heavy atom. The van der Waals surface area contributed by atoms with E-state index in [0.717, 1.165) is 15.8 Å². The Morgan fingerprint density at radius 2 is 1.92 bits per heavy atom. The molecule has 0 spiro atoms. The molecule has 0 saturated heterocycles. The van der Waals surface area contributed by atoms with Gasteiger partial charge in [-0.05, 0) is 41.8 Å². The maximum atomic E-state index is 12.1. The van der Waals surface area contributed by atoms with Gasteiger partial charge in [0.2, 0.25) is 5.91 Å². The number of fused-ring (bicyclic) bond motifs is 1. The normalized spacial score (nSPS) is 10.8. The Balaban J connectivity index is 1.43. The average molecular weight is 368 g/mol. The van der Waals surface area contributed by atoms with E-state index in [1.807, 2.05) is 41.8 Å². The smallest absolute Gasteiger partial charge is 0.251 e. The fraction of sp³-hybridized carbons (Fsp3) is 0.250. The fourth-order valence-electron chi connectivity index (χ4n) is 2.77. The molecule has 1 aromatic carbocycles. The summed E-state index contributed by atoms with van der Waals surface area (Å²) in [6.45, 7) is 0.402. The van der Waals surface area contributed by atoms with Gasteiger partial charge in [-0.25, -0.2) is 0 Å². The molecule has 6 heteroatoms. The van der Waals surface area contributed by atoms with Crippen molar-refractivity contribution in [3.63, 3.8) is 0 Å². The number of aromatic nitrogens is 1. The lowest BCUT2D eigenvalue weighted by Crippen LogP contribution is -2.27. The van der Waals surface area contributed by atoms with E-state index >= 15 is 0 Å². The Kier molecular flexibility index (Phi) is 5.96. The third-order valence-electron chi connectivity index (χ3n) is 4.15. The second-order valence-electron chi connectivity index (χ2n) is 6.06. The van der Waals surface area contributed by atoms with Gasteiger partial charge in [0.25, 0.3) is 5.56 Å². The number of H-pyrrole nitrogens is 1. The molecule has 2 aromatic heterocycles. The van der Waals surface area contributed by atoms with Gasteiger partial charge in [0.05, 0.1) is 4.88 Å². The van der Waals surface area contributed by atoms with Crippen LogP contribution in [0.15, 0.2) is 52.6 Å². The number of amides is 1. The number of aromatic amines is 1. The number of ketones is 1. The topological polar surface area (TPSA) is 79.0 Å². The largest absolute Gasteiger partial charge is 0.356 e. The summed E-state index contributed by atoms with van der Waals surface area (Å²) in [6.07, 6.45) is 1.68. The number of pyridine rings is 1. The number of benzene rings is 1. The van der Waals surface area contributed by atoms with Crippen molar-refractivity contribution in [2.45, 2.75) is 25.7 Å². The summed E-state index contributed by atoms with van der Waals surface area (Å²) >= 11 is 1.42. The highest BCUT2D eigenvalue weighted by Crippen LogP contribution is 2.13. The SMILES string of the molecule is O=C(CCCC(=O)c1cccs1)NCCc1cc2ccccc2[nH]c1=O. The van der Waals surface area contributed by atoms with Gasteiger partial charge in [0.1, 0.15) is 0 Å². The van der Waals surface area contributed by atoms with E-state index < -0.39 is 0 Å². The standard InChI is InChI=1S/C20H20N2O3S/c23-17(18-8-4-12-26-18)7-3-9-19(24)21-11-10-15-13-14-5-1-2-6-16(14)22-20(15)25/h1-2,4-6,8,12-13H,3,7,9-11H2,(H,21,24)(H,22,25). The molecule has 0 aliphatic heterocycles. The summed E-state index contributed by atoms with van der Waals surface area (Å²) in [6, 6.07) is 13.1. The summed E-state index contributed by atoms with van der Waals surface area (Å²) in [5.74, 6) is -0.0169. The lowest BCUT2D eigenvalue weighted by molar-refractivity contribution is -0.121. The quantitative estimate of drug-likeness (QED) is 0.599. The molecular weight excluding hydrogens is 348 g/mol. The van der Waals surface area contributed by atoms with Crippen molar-refractivity contribution in [1.82, 2.24) is 10.3 Å². The van der Waals surface area contributed by atoms with Crippen molar-refractivity contribution in [3.05, 3.63) is 68.6 Å². The molecule has 0 radical (unpaired) electrons. The molecule has 3 aromatic rings. The van der Waals surface area contributed by atoms with Crippen molar-refractivity contribution in [3.8, 4) is 0 Å². The van der Waals surface area contributed by atoms with Gasteiger partial charge < -0.3 is 10.3 Å². The zero-order chi connectivity index (χ0) is 18.4. The van der Waals surface area contributed by atoms with Gasteiger partial charge in [-0.3, -0.25) is 14.4 Å². The predicted octanol–water partition coefficient (Wildman–Crippen LogP) is 3.30. The maximum absolute atomic E-state index is 12.1. The summed E-state index contributed by atoms with van der Waals surface area (Å²) in [5, 5.41) is 5.66. The minimum Gasteiger partial charge on any atom is -0.356 e. The number of carbonyl (C=O) groups is 2. The van der Waals surface area contributed by atoms with Gasteiger partial charge in [-0.15, -0.1) is 11.3 Å². The first-order valence-corrected chi connectivity index (χ1v) is 9.46. The Hall–Kier alpha value is -2.73. The van der Waals surface area contributed by atoms with Crippen molar-refractivity contribution in [2.75, 3.05) is 6.54 Å². The maximum Gasteiger partial charge on any atom is 0.251 e. The number of nitrogens with one attached hydrogen (secondary N) is 2. The van der Waals surface area contributed by atoms with Crippen LogP contribution in [0, 0.1) is 0 Å². The van der Waals surface area contributed by atoms with E-state index in [0.29, 0.717) is 37.8 Å². The van der Waals surface area contributed by atoms with Gasteiger partial charge in [0, 0.05) is 30.5 Å². The van der Waals surface area contributed by atoms with E-state index in [1.54, 1.807) is 6.07 Å². The van der Waals surface area contributed by atoms with Crippen LogP contribution in [0.25, 0.3) is 10.9 Å². The van der Waals surface area contributed by atoms with Gasteiger partial charge in [-0.1, -0.05) is 24.3 Å². The number of hydrogen-bond acceptors (Lipinski definition) is 4. The first-order chi connectivity index (χ1) is 12.6. The molecule has 2 N–H and O–H groups in total. The van der Waals surface area contributed by atoms with Gasteiger partial charge >= 0.3 is 0 Å². The van der Waals surface area contributed by atoms with E-state index in [4.69, 9.17) is 0 Å². The summed E-state index contributed by atoms with van der Waals surface area (Å²) < 4.78 is 0. The molecule has 0 fully saturated rings.